The molecule has 4 unspecified atom stereocenters. The maximum absolute atomic E-state index is 12.3. The predicted molar refractivity (Wildman–Crippen MR) is 84.4 cm³/mol. The van der Waals surface area contributed by atoms with Gasteiger partial charge in [0.1, 0.15) is 0 Å². The average molecular weight is 277 g/mol. The Kier molecular flexibility index (Phi) is 5.68. The molecular formula is C18H31NO. The number of unbranched alkanes of at least 4 members (excludes halogenated alkanes) is 2. The van der Waals surface area contributed by atoms with Crippen LogP contribution in [0.5, 0.6) is 0 Å². The van der Waals surface area contributed by atoms with Crippen molar-refractivity contribution in [3.8, 4) is 0 Å². The van der Waals surface area contributed by atoms with E-state index < -0.39 is 0 Å². The topological polar surface area (TPSA) is 29.1 Å². The van der Waals surface area contributed by atoms with E-state index in [-0.39, 0.29) is 5.91 Å². The van der Waals surface area contributed by atoms with E-state index >= 15 is 0 Å². The van der Waals surface area contributed by atoms with E-state index in [1.807, 2.05) is 0 Å². The Morgan fingerprint density at radius 2 is 1.95 bits per heavy atom. The number of carbonyl (C=O) groups is 1. The van der Waals surface area contributed by atoms with Crippen LogP contribution in [-0.2, 0) is 4.79 Å². The molecule has 20 heavy (non-hydrogen) atoms. The molecule has 1 amide bonds. The van der Waals surface area contributed by atoms with E-state index in [0.29, 0.717) is 5.92 Å². The van der Waals surface area contributed by atoms with Gasteiger partial charge >= 0.3 is 0 Å². The SMILES string of the molecule is CCCCCNC(=O)C1=CC2C(CC)CC(CC)C2C1. The number of hydrogen-bond donors (Lipinski definition) is 1. The number of rotatable bonds is 7. The standard InChI is InChI=1S/C18H31NO/c1-4-7-8-9-19-18(20)15-11-16-13(5-2)10-14(6-3)17(16)12-15/h11,13-14,16-17H,4-10,12H2,1-3H3,(H,19,20). The molecule has 2 nitrogen and oxygen atoms in total. The molecule has 0 aromatic rings. The Bertz CT molecular complexity index is 360. The van der Waals surface area contributed by atoms with Crippen molar-refractivity contribution in [2.45, 2.75) is 65.7 Å². The molecule has 114 valence electrons. The summed E-state index contributed by atoms with van der Waals surface area (Å²) < 4.78 is 0. The maximum atomic E-state index is 12.3. The first-order valence-corrected chi connectivity index (χ1v) is 8.70. The van der Waals surface area contributed by atoms with Crippen LogP contribution in [0.4, 0.5) is 0 Å². The molecule has 2 heteroatoms. The first-order valence-electron chi connectivity index (χ1n) is 8.70. The fourth-order valence-electron chi connectivity index (χ4n) is 4.27. The van der Waals surface area contributed by atoms with Gasteiger partial charge in [0.2, 0.25) is 5.91 Å². The zero-order valence-electron chi connectivity index (χ0n) is 13.5. The molecule has 0 bridgehead atoms. The minimum atomic E-state index is 0.209. The van der Waals surface area contributed by atoms with E-state index in [1.165, 1.54) is 32.1 Å². The Morgan fingerprint density at radius 1 is 1.20 bits per heavy atom. The zero-order valence-corrected chi connectivity index (χ0v) is 13.5. The maximum Gasteiger partial charge on any atom is 0.246 e. The van der Waals surface area contributed by atoms with Crippen LogP contribution in [0.15, 0.2) is 11.6 Å². The van der Waals surface area contributed by atoms with Gasteiger partial charge in [0, 0.05) is 12.1 Å². The summed E-state index contributed by atoms with van der Waals surface area (Å²) in [7, 11) is 0. The number of hydrogen-bond acceptors (Lipinski definition) is 1. The third-order valence-corrected chi connectivity index (χ3v) is 5.51. The monoisotopic (exact) mass is 277 g/mol. The van der Waals surface area contributed by atoms with Gasteiger partial charge in [-0.15, -0.1) is 0 Å². The van der Waals surface area contributed by atoms with Gasteiger partial charge in [0.15, 0.2) is 0 Å². The lowest BCUT2D eigenvalue weighted by Gasteiger charge is -2.17. The first-order chi connectivity index (χ1) is 9.71. The molecule has 0 spiro atoms. The number of fused-ring (bicyclic) bond motifs is 1. The molecule has 2 aliphatic carbocycles. The highest BCUT2D eigenvalue weighted by molar-refractivity contribution is 5.94. The van der Waals surface area contributed by atoms with Gasteiger partial charge in [-0.05, 0) is 42.9 Å². The molecule has 1 N–H and O–H groups in total. The van der Waals surface area contributed by atoms with E-state index in [2.05, 4.69) is 32.2 Å². The summed E-state index contributed by atoms with van der Waals surface area (Å²) >= 11 is 0. The number of allylic oxidation sites excluding steroid dienone is 1. The molecule has 0 aromatic carbocycles. The smallest absolute Gasteiger partial charge is 0.246 e. The van der Waals surface area contributed by atoms with Crippen molar-refractivity contribution in [1.82, 2.24) is 5.32 Å². The van der Waals surface area contributed by atoms with Crippen molar-refractivity contribution in [3.63, 3.8) is 0 Å². The van der Waals surface area contributed by atoms with Crippen molar-refractivity contribution < 1.29 is 4.79 Å². The highest BCUT2D eigenvalue weighted by atomic mass is 16.1. The Labute approximate surface area is 124 Å². The molecule has 2 aliphatic rings. The molecule has 0 aliphatic heterocycles. The van der Waals surface area contributed by atoms with Crippen molar-refractivity contribution >= 4 is 5.91 Å². The zero-order chi connectivity index (χ0) is 14.5. The van der Waals surface area contributed by atoms with Crippen molar-refractivity contribution in [2.24, 2.45) is 23.7 Å². The lowest BCUT2D eigenvalue weighted by molar-refractivity contribution is -0.117. The van der Waals surface area contributed by atoms with Gasteiger partial charge in [0.25, 0.3) is 0 Å². The van der Waals surface area contributed by atoms with E-state index in [4.69, 9.17) is 0 Å². The molecular weight excluding hydrogens is 246 g/mol. The summed E-state index contributed by atoms with van der Waals surface area (Å²) in [6.07, 6.45) is 10.8. The van der Waals surface area contributed by atoms with Crippen LogP contribution in [0.3, 0.4) is 0 Å². The molecule has 0 saturated heterocycles. The van der Waals surface area contributed by atoms with Gasteiger partial charge < -0.3 is 5.32 Å². The van der Waals surface area contributed by atoms with E-state index in [0.717, 1.165) is 42.7 Å². The van der Waals surface area contributed by atoms with Crippen molar-refractivity contribution in [1.29, 1.82) is 0 Å². The lowest BCUT2D eigenvalue weighted by atomic mass is 9.88. The van der Waals surface area contributed by atoms with Crippen LogP contribution in [-0.4, -0.2) is 12.5 Å². The second kappa shape index (κ2) is 7.28. The van der Waals surface area contributed by atoms with Crippen molar-refractivity contribution in [2.75, 3.05) is 6.54 Å². The molecule has 1 saturated carbocycles. The van der Waals surface area contributed by atoms with Gasteiger partial charge in [-0.25, -0.2) is 0 Å². The Hall–Kier alpha value is -0.790. The first kappa shape index (κ1) is 15.6. The van der Waals surface area contributed by atoms with Crippen LogP contribution in [0.2, 0.25) is 0 Å². The third-order valence-electron chi connectivity index (χ3n) is 5.51. The lowest BCUT2D eigenvalue weighted by Crippen LogP contribution is -2.26. The molecule has 1 fully saturated rings. The van der Waals surface area contributed by atoms with Gasteiger partial charge in [-0.1, -0.05) is 52.5 Å². The molecule has 2 rings (SSSR count). The van der Waals surface area contributed by atoms with Crippen LogP contribution in [0.25, 0.3) is 0 Å². The Balaban J connectivity index is 1.90. The quantitative estimate of drug-likeness (QED) is 0.690. The van der Waals surface area contributed by atoms with Crippen molar-refractivity contribution in [3.05, 3.63) is 11.6 Å². The average Bonchev–Trinajstić information content (AvgIpc) is 3.01. The van der Waals surface area contributed by atoms with E-state index in [9.17, 15) is 4.79 Å². The number of nitrogens with one attached hydrogen (secondary N) is 1. The van der Waals surface area contributed by atoms with Crippen LogP contribution < -0.4 is 5.32 Å². The molecule has 0 radical (unpaired) electrons. The van der Waals surface area contributed by atoms with Crippen LogP contribution >= 0.6 is 0 Å². The largest absolute Gasteiger partial charge is 0.352 e. The van der Waals surface area contributed by atoms with Gasteiger partial charge in [-0.3, -0.25) is 4.79 Å². The number of carbonyl (C=O) groups excluding carboxylic acids is 1. The minimum absolute atomic E-state index is 0.209. The summed E-state index contributed by atoms with van der Waals surface area (Å²) in [6.45, 7) is 7.64. The normalized spacial score (nSPS) is 32.0. The second-order valence-electron chi connectivity index (χ2n) is 6.67. The summed E-state index contributed by atoms with van der Waals surface area (Å²) in [6, 6.07) is 0. The summed E-state index contributed by atoms with van der Waals surface area (Å²) in [4.78, 5) is 12.3. The fourth-order valence-corrected chi connectivity index (χ4v) is 4.27. The predicted octanol–water partition coefficient (Wildman–Crippen LogP) is 4.31. The third kappa shape index (κ3) is 3.27. The summed E-state index contributed by atoms with van der Waals surface area (Å²) in [5.74, 6) is 3.30. The summed E-state index contributed by atoms with van der Waals surface area (Å²) in [5, 5.41) is 3.11. The minimum Gasteiger partial charge on any atom is -0.352 e. The highest BCUT2D eigenvalue weighted by Gasteiger charge is 2.44. The van der Waals surface area contributed by atoms with Gasteiger partial charge in [-0.2, -0.15) is 0 Å². The second-order valence-corrected chi connectivity index (χ2v) is 6.67. The Morgan fingerprint density at radius 3 is 2.60 bits per heavy atom. The van der Waals surface area contributed by atoms with Crippen LogP contribution in [0.1, 0.15) is 65.7 Å². The molecule has 0 heterocycles. The van der Waals surface area contributed by atoms with Gasteiger partial charge in [0.05, 0.1) is 0 Å². The summed E-state index contributed by atoms with van der Waals surface area (Å²) in [5.41, 5.74) is 1.08. The van der Waals surface area contributed by atoms with E-state index in [1.54, 1.807) is 0 Å². The van der Waals surface area contributed by atoms with Crippen LogP contribution in [0, 0.1) is 23.7 Å². The molecule has 4 atom stereocenters. The highest BCUT2D eigenvalue weighted by Crippen LogP contribution is 2.51. The fraction of sp³-hybridized carbons (Fsp3) is 0.833. The number of amides is 1. The molecule has 0 aromatic heterocycles.